The number of aryl methyl sites for hydroxylation is 1. The van der Waals surface area contributed by atoms with Gasteiger partial charge in [-0.1, -0.05) is 0 Å². The molecule has 2 fully saturated rings. The number of nitrogens with zero attached hydrogens (tertiary/aromatic N) is 8. The van der Waals surface area contributed by atoms with Gasteiger partial charge in [-0.15, -0.1) is 0 Å². The Morgan fingerprint density at radius 3 is 1.84 bits per heavy atom. The molecule has 0 saturated heterocycles. The Morgan fingerprint density at radius 2 is 1.37 bits per heavy atom. The van der Waals surface area contributed by atoms with Gasteiger partial charge in [-0.2, -0.15) is 31.4 Å². The first-order valence-electron chi connectivity index (χ1n) is 17.1. The van der Waals surface area contributed by atoms with E-state index in [2.05, 4.69) is 14.9 Å². The third kappa shape index (κ3) is 8.57. The highest BCUT2D eigenvalue weighted by atomic mass is 19.4. The summed E-state index contributed by atoms with van der Waals surface area (Å²) in [6.45, 7) is 9.26. The van der Waals surface area contributed by atoms with Crippen molar-refractivity contribution >= 4 is 22.8 Å². The van der Waals surface area contributed by atoms with Crippen LogP contribution < -0.4 is 9.80 Å². The van der Waals surface area contributed by atoms with Crippen molar-refractivity contribution in [2.45, 2.75) is 90.6 Å². The average Bonchev–Trinajstić information content (AvgIpc) is 3.99. The fraction of sp³-hybridized carbons (Fsp3) is 0.556. The Kier molecular flexibility index (Phi) is 9.76. The van der Waals surface area contributed by atoms with Crippen LogP contribution in [0.3, 0.4) is 0 Å². The van der Waals surface area contributed by atoms with Gasteiger partial charge in [-0.25, -0.2) is 19.6 Å². The number of hydrogen-bond donors (Lipinski definition) is 1. The van der Waals surface area contributed by atoms with Crippen LogP contribution in [0.2, 0.25) is 0 Å². The predicted octanol–water partition coefficient (Wildman–Crippen LogP) is 7.71. The summed E-state index contributed by atoms with van der Waals surface area (Å²) in [6, 6.07) is 3.58. The van der Waals surface area contributed by atoms with E-state index in [0.29, 0.717) is 28.9 Å². The van der Waals surface area contributed by atoms with Gasteiger partial charge in [0.15, 0.2) is 5.65 Å². The summed E-state index contributed by atoms with van der Waals surface area (Å²) in [5, 5.41) is 16.2. The molecule has 0 bridgehead atoms. The number of alkyl halides is 6. The van der Waals surface area contributed by atoms with Crippen LogP contribution in [0.25, 0.3) is 11.0 Å². The maximum absolute atomic E-state index is 13.9. The molecule has 1 atom stereocenters. The molecule has 9 nitrogen and oxygen atoms in total. The molecule has 51 heavy (non-hydrogen) atoms. The van der Waals surface area contributed by atoms with E-state index in [1.807, 2.05) is 38.4 Å². The molecule has 1 aromatic carbocycles. The molecule has 2 aliphatic rings. The first-order chi connectivity index (χ1) is 23.8. The van der Waals surface area contributed by atoms with Crippen molar-refractivity contribution < 1.29 is 31.4 Å². The van der Waals surface area contributed by atoms with E-state index in [0.717, 1.165) is 67.5 Å². The average molecular weight is 719 g/mol. The van der Waals surface area contributed by atoms with Crippen molar-refractivity contribution in [2.24, 2.45) is 11.8 Å². The molecule has 1 unspecified atom stereocenters. The second-order valence-corrected chi connectivity index (χ2v) is 15.2. The van der Waals surface area contributed by atoms with E-state index in [4.69, 9.17) is 10.1 Å². The van der Waals surface area contributed by atoms with Gasteiger partial charge in [0.05, 0.1) is 22.4 Å². The second-order valence-electron chi connectivity index (χ2n) is 15.2. The largest absolute Gasteiger partial charge is 0.416 e. The molecule has 6 rings (SSSR count). The first-order valence-corrected chi connectivity index (χ1v) is 17.1. The normalized spacial score (nSPS) is 16.3. The number of fused-ring (bicyclic) bond motifs is 1. The minimum Gasteiger partial charge on any atom is -0.374 e. The predicted molar refractivity (Wildman–Crippen MR) is 182 cm³/mol. The number of aliphatic hydroxyl groups is 1. The van der Waals surface area contributed by atoms with Crippen LogP contribution in [0.5, 0.6) is 0 Å². The van der Waals surface area contributed by atoms with Crippen LogP contribution >= 0.6 is 0 Å². The van der Waals surface area contributed by atoms with Crippen molar-refractivity contribution in [3.63, 3.8) is 0 Å². The van der Waals surface area contributed by atoms with Crippen molar-refractivity contribution in [1.29, 1.82) is 0 Å². The Morgan fingerprint density at radius 1 is 0.824 bits per heavy atom. The summed E-state index contributed by atoms with van der Waals surface area (Å²) >= 11 is 0. The SMILES string of the molecule is Cc1nn(C(C)(C)C)c2nc(N(CC3CC3)CC3CC3)c(CN(Cc3cc(C(F)(F)F)cc(C(F)(F)F)c3)c3ncc(C(O)N(C)C)cn3)cc12. The standard InChI is InChI=1S/C36H44F6N8O/c1-21-29-13-25(30(45-31(29)50(46-21)34(2,3)4)48(17-22-7-8-22)18-23-9-10-23)20-49(33-43-15-26(16-44-33)32(51)47(5)6)19-24-11-27(35(37,38)39)14-28(12-24)36(40,41)42/h11-16,22-23,32,51H,7-10,17-20H2,1-6H3. The Labute approximate surface area is 293 Å². The lowest BCUT2D eigenvalue weighted by Gasteiger charge is -2.30. The maximum Gasteiger partial charge on any atom is 0.416 e. The Balaban J connectivity index is 1.50. The van der Waals surface area contributed by atoms with Gasteiger partial charge in [-0.3, -0.25) is 4.90 Å². The molecular weight excluding hydrogens is 674 g/mol. The molecule has 4 aromatic rings. The highest BCUT2D eigenvalue weighted by Gasteiger charge is 2.38. The van der Waals surface area contributed by atoms with Crippen molar-refractivity contribution in [1.82, 2.24) is 29.6 Å². The zero-order chi connectivity index (χ0) is 37.0. The zero-order valence-electron chi connectivity index (χ0n) is 29.6. The molecular formula is C36H44F6N8O. The van der Waals surface area contributed by atoms with E-state index < -0.39 is 29.7 Å². The molecule has 2 saturated carbocycles. The summed E-state index contributed by atoms with van der Waals surface area (Å²) in [6.07, 6.45) is -3.77. The lowest BCUT2D eigenvalue weighted by Crippen LogP contribution is -2.32. The van der Waals surface area contributed by atoms with Crippen LogP contribution in [0.4, 0.5) is 38.1 Å². The number of pyridine rings is 1. The van der Waals surface area contributed by atoms with Crippen molar-refractivity contribution in [3.05, 3.63) is 70.2 Å². The lowest BCUT2D eigenvalue weighted by molar-refractivity contribution is -0.143. The van der Waals surface area contributed by atoms with E-state index >= 15 is 0 Å². The van der Waals surface area contributed by atoms with E-state index in [-0.39, 0.29) is 36.2 Å². The molecule has 0 spiro atoms. The third-order valence-electron chi connectivity index (χ3n) is 9.30. The lowest BCUT2D eigenvalue weighted by atomic mass is 10.0. The fourth-order valence-electron chi connectivity index (χ4n) is 6.20. The monoisotopic (exact) mass is 718 g/mol. The van der Waals surface area contributed by atoms with Crippen LogP contribution in [0.15, 0.2) is 36.7 Å². The Bertz CT molecular complexity index is 1810. The summed E-state index contributed by atoms with van der Waals surface area (Å²) in [4.78, 5) is 19.6. The van der Waals surface area contributed by atoms with Crippen LogP contribution in [0.1, 0.15) is 86.2 Å². The van der Waals surface area contributed by atoms with Gasteiger partial charge in [-0.05, 0) is 109 Å². The number of hydrogen-bond acceptors (Lipinski definition) is 8. The number of rotatable bonds is 12. The number of halogens is 6. The highest BCUT2D eigenvalue weighted by Crippen LogP contribution is 2.40. The van der Waals surface area contributed by atoms with Gasteiger partial charge in [0.25, 0.3) is 0 Å². The fourth-order valence-corrected chi connectivity index (χ4v) is 6.20. The van der Waals surface area contributed by atoms with Gasteiger partial charge >= 0.3 is 12.4 Å². The highest BCUT2D eigenvalue weighted by molar-refractivity contribution is 5.82. The molecule has 1 N–H and O–H groups in total. The molecule has 15 heteroatoms. The molecule has 3 aromatic heterocycles. The van der Waals surface area contributed by atoms with Crippen LogP contribution in [0, 0.1) is 18.8 Å². The molecule has 3 heterocycles. The minimum absolute atomic E-state index is 0.0252. The first kappa shape index (κ1) is 36.8. The molecule has 276 valence electrons. The molecule has 0 amide bonds. The van der Waals surface area contributed by atoms with Crippen molar-refractivity contribution in [2.75, 3.05) is 37.0 Å². The van der Waals surface area contributed by atoms with Crippen LogP contribution in [-0.4, -0.2) is 61.9 Å². The summed E-state index contributed by atoms with van der Waals surface area (Å²) in [5.41, 5.74) is -0.840. The van der Waals surface area contributed by atoms with Gasteiger partial charge in [0, 0.05) is 55.1 Å². The van der Waals surface area contributed by atoms with Gasteiger partial charge in [0.1, 0.15) is 12.0 Å². The Hall–Kier alpha value is -3.98. The number of benzene rings is 1. The number of aliphatic hydroxyl groups excluding tert-OH is 1. The third-order valence-corrected chi connectivity index (χ3v) is 9.30. The number of anilines is 2. The smallest absolute Gasteiger partial charge is 0.374 e. The van der Waals surface area contributed by atoms with E-state index in [9.17, 15) is 31.4 Å². The summed E-state index contributed by atoms with van der Waals surface area (Å²) in [5.74, 6) is 1.81. The van der Waals surface area contributed by atoms with E-state index in [1.165, 1.54) is 12.4 Å². The summed E-state index contributed by atoms with van der Waals surface area (Å²) in [7, 11) is 3.33. The number of aromatic nitrogens is 5. The molecule has 0 radical (unpaired) electrons. The zero-order valence-corrected chi connectivity index (χ0v) is 29.6. The van der Waals surface area contributed by atoms with Gasteiger partial charge in [0.2, 0.25) is 5.95 Å². The quantitative estimate of drug-likeness (QED) is 0.118. The summed E-state index contributed by atoms with van der Waals surface area (Å²) < 4.78 is 85.3. The molecule has 0 aliphatic heterocycles. The van der Waals surface area contributed by atoms with Crippen LogP contribution in [-0.2, 0) is 31.0 Å². The van der Waals surface area contributed by atoms with E-state index in [1.54, 1.807) is 23.9 Å². The topological polar surface area (TPSA) is 86.4 Å². The van der Waals surface area contributed by atoms with Gasteiger partial charge < -0.3 is 14.9 Å². The minimum atomic E-state index is -5.00. The maximum atomic E-state index is 13.9. The molecule has 2 aliphatic carbocycles. The second kappa shape index (κ2) is 13.5. The van der Waals surface area contributed by atoms with Crippen molar-refractivity contribution in [3.8, 4) is 0 Å².